The van der Waals surface area contributed by atoms with Crippen LogP contribution in [0.5, 0.6) is 5.75 Å². The summed E-state index contributed by atoms with van der Waals surface area (Å²) in [6, 6.07) is 12.3. The summed E-state index contributed by atoms with van der Waals surface area (Å²) in [7, 11) is 1.55. The third-order valence-electron chi connectivity index (χ3n) is 2.61. The number of anilines is 2. The van der Waals surface area contributed by atoms with Gasteiger partial charge in [0, 0.05) is 10.2 Å². The summed E-state index contributed by atoms with van der Waals surface area (Å²) in [6.45, 7) is 0. The fourth-order valence-corrected chi connectivity index (χ4v) is 2.12. The quantitative estimate of drug-likeness (QED) is 0.853. The van der Waals surface area contributed by atoms with Gasteiger partial charge in [-0.25, -0.2) is 0 Å². The first-order valence-corrected chi connectivity index (χ1v) is 6.40. The molecule has 0 unspecified atom stereocenters. The zero-order valence-electron chi connectivity index (χ0n) is 10.3. The number of halogens is 1. The summed E-state index contributed by atoms with van der Waals surface area (Å²) in [4.78, 5) is 12.1. The van der Waals surface area contributed by atoms with E-state index in [1.807, 2.05) is 18.2 Å². The van der Waals surface area contributed by atoms with Crippen molar-refractivity contribution in [2.75, 3.05) is 18.2 Å². The Morgan fingerprint density at radius 1 is 1.26 bits per heavy atom. The third-order valence-corrected chi connectivity index (χ3v) is 3.30. The summed E-state index contributed by atoms with van der Waals surface area (Å²) < 4.78 is 5.81. The first-order chi connectivity index (χ1) is 9.11. The Morgan fingerprint density at radius 3 is 2.63 bits per heavy atom. The molecule has 2 aromatic carbocycles. The average Bonchev–Trinajstić information content (AvgIpc) is 2.39. The molecular weight excluding hydrogens is 308 g/mol. The average molecular weight is 321 g/mol. The highest BCUT2D eigenvalue weighted by Crippen LogP contribution is 2.25. The van der Waals surface area contributed by atoms with Gasteiger partial charge in [0.2, 0.25) is 0 Å². The number of benzene rings is 2. The van der Waals surface area contributed by atoms with Crippen LogP contribution < -0.4 is 15.8 Å². The van der Waals surface area contributed by atoms with Crippen molar-refractivity contribution < 1.29 is 9.53 Å². The summed E-state index contributed by atoms with van der Waals surface area (Å²) in [5.41, 5.74) is 7.46. The SMILES string of the molecule is COc1ccc(NC(=O)c2ccccc2Br)cc1N. The third kappa shape index (κ3) is 3.06. The van der Waals surface area contributed by atoms with E-state index in [9.17, 15) is 4.79 Å². The Morgan fingerprint density at radius 2 is 2.00 bits per heavy atom. The molecule has 0 aliphatic carbocycles. The summed E-state index contributed by atoms with van der Waals surface area (Å²) in [5.74, 6) is 0.385. The second kappa shape index (κ2) is 5.75. The zero-order valence-corrected chi connectivity index (χ0v) is 11.9. The molecule has 5 heteroatoms. The molecular formula is C14H13BrN2O2. The molecule has 2 aromatic rings. The van der Waals surface area contributed by atoms with Crippen LogP contribution in [-0.2, 0) is 0 Å². The van der Waals surface area contributed by atoms with Crippen LogP contribution in [0, 0.1) is 0 Å². The molecule has 0 radical (unpaired) electrons. The minimum absolute atomic E-state index is 0.197. The molecule has 1 amide bonds. The minimum atomic E-state index is -0.197. The van der Waals surface area contributed by atoms with Crippen molar-refractivity contribution in [3.8, 4) is 5.75 Å². The number of nitrogens with two attached hydrogens (primary N) is 1. The van der Waals surface area contributed by atoms with Crippen molar-refractivity contribution in [1.29, 1.82) is 0 Å². The van der Waals surface area contributed by atoms with E-state index in [-0.39, 0.29) is 5.91 Å². The van der Waals surface area contributed by atoms with E-state index in [2.05, 4.69) is 21.2 Å². The van der Waals surface area contributed by atoms with Crippen LogP contribution in [0.15, 0.2) is 46.9 Å². The number of ether oxygens (including phenoxy) is 1. The Kier molecular flexibility index (Phi) is 4.06. The van der Waals surface area contributed by atoms with Crippen molar-refractivity contribution in [3.05, 3.63) is 52.5 Å². The van der Waals surface area contributed by atoms with Gasteiger partial charge in [0.25, 0.3) is 5.91 Å². The van der Waals surface area contributed by atoms with Crippen molar-refractivity contribution in [2.45, 2.75) is 0 Å². The molecule has 0 aromatic heterocycles. The Balaban J connectivity index is 2.20. The fraction of sp³-hybridized carbons (Fsp3) is 0.0714. The standard InChI is InChI=1S/C14H13BrN2O2/c1-19-13-7-6-9(8-12(13)16)17-14(18)10-4-2-3-5-11(10)15/h2-8H,16H2,1H3,(H,17,18). The summed E-state index contributed by atoms with van der Waals surface area (Å²) >= 11 is 3.34. The molecule has 19 heavy (non-hydrogen) atoms. The van der Waals surface area contributed by atoms with Crippen LogP contribution in [0.4, 0.5) is 11.4 Å². The summed E-state index contributed by atoms with van der Waals surface area (Å²) in [5, 5.41) is 2.79. The molecule has 0 saturated carbocycles. The first kappa shape index (κ1) is 13.4. The van der Waals surface area contributed by atoms with Crippen LogP contribution in [0.3, 0.4) is 0 Å². The highest BCUT2D eigenvalue weighted by molar-refractivity contribution is 9.10. The lowest BCUT2D eigenvalue weighted by molar-refractivity contribution is 0.102. The van der Waals surface area contributed by atoms with E-state index < -0.39 is 0 Å². The molecule has 0 aliphatic heterocycles. The smallest absolute Gasteiger partial charge is 0.256 e. The maximum absolute atomic E-state index is 12.1. The zero-order chi connectivity index (χ0) is 13.8. The number of rotatable bonds is 3. The molecule has 98 valence electrons. The van der Waals surface area contributed by atoms with Gasteiger partial charge in [-0.05, 0) is 46.3 Å². The highest BCUT2D eigenvalue weighted by atomic mass is 79.9. The maximum Gasteiger partial charge on any atom is 0.256 e. The largest absolute Gasteiger partial charge is 0.495 e. The number of carbonyl (C=O) groups is 1. The van der Waals surface area contributed by atoms with E-state index in [0.717, 1.165) is 4.47 Å². The molecule has 0 aliphatic rings. The number of carbonyl (C=O) groups excluding carboxylic acids is 1. The monoisotopic (exact) mass is 320 g/mol. The van der Waals surface area contributed by atoms with E-state index in [1.54, 1.807) is 31.4 Å². The Labute approximate surface area is 119 Å². The topological polar surface area (TPSA) is 64.3 Å². The van der Waals surface area contributed by atoms with Crippen molar-refractivity contribution in [2.24, 2.45) is 0 Å². The Hall–Kier alpha value is -2.01. The lowest BCUT2D eigenvalue weighted by Gasteiger charge is -2.09. The highest BCUT2D eigenvalue weighted by Gasteiger charge is 2.10. The normalized spacial score (nSPS) is 10.0. The summed E-state index contributed by atoms with van der Waals surface area (Å²) in [6.07, 6.45) is 0. The molecule has 0 fully saturated rings. The predicted octanol–water partition coefficient (Wildman–Crippen LogP) is 3.29. The van der Waals surface area contributed by atoms with E-state index in [4.69, 9.17) is 10.5 Å². The van der Waals surface area contributed by atoms with Crippen molar-refractivity contribution in [3.63, 3.8) is 0 Å². The van der Waals surface area contributed by atoms with E-state index >= 15 is 0 Å². The minimum Gasteiger partial charge on any atom is -0.495 e. The lowest BCUT2D eigenvalue weighted by Crippen LogP contribution is -2.12. The first-order valence-electron chi connectivity index (χ1n) is 5.61. The van der Waals surface area contributed by atoms with Crippen LogP contribution in [0.2, 0.25) is 0 Å². The predicted molar refractivity (Wildman–Crippen MR) is 79.5 cm³/mol. The van der Waals surface area contributed by atoms with Gasteiger partial charge in [-0.2, -0.15) is 0 Å². The van der Waals surface area contributed by atoms with Gasteiger partial charge < -0.3 is 15.8 Å². The number of nitrogens with one attached hydrogen (secondary N) is 1. The molecule has 2 rings (SSSR count). The second-order valence-electron chi connectivity index (χ2n) is 3.89. The van der Waals surface area contributed by atoms with Gasteiger partial charge in [-0.3, -0.25) is 4.79 Å². The van der Waals surface area contributed by atoms with Gasteiger partial charge in [0.15, 0.2) is 0 Å². The van der Waals surface area contributed by atoms with Gasteiger partial charge in [0.05, 0.1) is 18.4 Å². The fourth-order valence-electron chi connectivity index (χ4n) is 1.66. The van der Waals surface area contributed by atoms with Crippen molar-refractivity contribution in [1.82, 2.24) is 0 Å². The number of methoxy groups -OCH3 is 1. The number of nitrogen functional groups attached to an aromatic ring is 1. The van der Waals surface area contributed by atoms with Gasteiger partial charge in [0.1, 0.15) is 5.75 Å². The van der Waals surface area contributed by atoms with Crippen LogP contribution in [-0.4, -0.2) is 13.0 Å². The van der Waals surface area contributed by atoms with Crippen LogP contribution in [0.1, 0.15) is 10.4 Å². The second-order valence-corrected chi connectivity index (χ2v) is 4.75. The number of hydrogen-bond donors (Lipinski definition) is 2. The van der Waals surface area contributed by atoms with Crippen LogP contribution in [0.25, 0.3) is 0 Å². The van der Waals surface area contributed by atoms with E-state index in [0.29, 0.717) is 22.7 Å². The molecule has 0 spiro atoms. The molecule has 0 saturated heterocycles. The lowest BCUT2D eigenvalue weighted by atomic mass is 10.2. The Bertz CT molecular complexity index is 614. The number of amides is 1. The van der Waals surface area contributed by atoms with Crippen LogP contribution >= 0.6 is 15.9 Å². The molecule has 4 nitrogen and oxygen atoms in total. The molecule has 0 bridgehead atoms. The molecule has 0 heterocycles. The van der Waals surface area contributed by atoms with E-state index in [1.165, 1.54) is 0 Å². The van der Waals surface area contributed by atoms with Gasteiger partial charge in [-0.15, -0.1) is 0 Å². The van der Waals surface area contributed by atoms with Gasteiger partial charge in [-0.1, -0.05) is 12.1 Å². The van der Waals surface area contributed by atoms with Gasteiger partial charge >= 0.3 is 0 Å². The molecule has 0 atom stereocenters. The van der Waals surface area contributed by atoms with Crippen molar-refractivity contribution >= 4 is 33.2 Å². The number of hydrogen-bond acceptors (Lipinski definition) is 3. The maximum atomic E-state index is 12.1. The molecule has 3 N–H and O–H groups in total.